The Morgan fingerprint density at radius 1 is 0.702 bits per heavy atom. The van der Waals surface area contributed by atoms with Gasteiger partial charge in [-0.25, -0.2) is 8.42 Å². The first-order valence-corrected chi connectivity index (χ1v) is 16.8. The van der Waals surface area contributed by atoms with E-state index in [1.165, 1.54) is 24.6 Å². The number of hydrogen-bond donors (Lipinski definition) is 2. The monoisotopic (exact) mass is 653 g/mol. The number of phenolic OH excluding ortho intramolecular Hbond substituents is 2. The second-order valence-corrected chi connectivity index (χ2v) is 13.0. The number of unbranched alkanes of at least 4 members (excludes halogenated alkanes) is 1. The summed E-state index contributed by atoms with van der Waals surface area (Å²) in [6, 6.07) is 32.1. The fraction of sp³-hybridized carbons (Fsp3) is 0.211. The molecule has 0 bridgehead atoms. The minimum atomic E-state index is -3.90. The SMILES string of the molecule is CCCCOc1ccc(-c2c(OC)cc(-c3ccc(S(=O)(=O)N(Cc4ccccc4)Cc4ccccc4)cc3)c(OC)c2O)cc1O. The first-order chi connectivity index (χ1) is 22.8. The van der Waals surface area contributed by atoms with Crippen molar-refractivity contribution >= 4 is 10.0 Å². The molecular formula is C38H39NO7S. The highest BCUT2D eigenvalue weighted by Gasteiger charge is 2.27. The van der Waals surface area contributed by atoms with Gasteiger partial charge in [-0.15, -0.1) is 0 Å². The second kappa shape index (κ2) is 15.1. The minimum Gasteiger partial charge on any atom is -0.504 e. The van der Waals surface area contributed by atoms with Gasteiger partial charge in [0.05, 0.1) is 31.3 Å². The molecule has 8 nitrogen and oxygen atoms in total. The Labute approximate surface area is 276 Å². The summed E-state index contributed by atoms with van der Waals surface area (Å²) in [6.45, 7) is 2.96. The molecule has 0 radical (unpaired) electrons. The van der Waals surface area contributed by atoms with E-state index in [4.69, 9.17) is 14.2 Å². The number of ether oxygens (including phenoxy) is 3. The molecule has 5 rings (SSSR count). The lowest BCUT2D eigenvalue weighted by Gasteiger charge is -2.23. The molecular weight excluding hydrogens is 614 g/mol. The molecule has 5 aromatic carbocycles. The third kappa shape index (κ3) is 7.53. The Morgan fingerprint density at radius 3 is 1.83 bits per heavy atom. The third-order valence-corrected chi connectivity index (χ3v) is 9.66. The molecule has 0 aromatic heterocycles. The van der Waals surface area contributed by atoms with E-state index in [1.54, 1.807) is 42.5 Å². The van der Waals surface area contributed by atoms with Gasteiger partial charge in [0.1, 0.15) is 5.75 Å². The maximum atomic E-state index is 14.0. The van der Waals surface area contributed by atoms with Crippen molar-refractivity contribution < 1.29 is 32.8 Å². The Hall–Kier alpha value is -4.99. The van der Waals surface area contributed by atoms with Crippen LogP contribution in [0.2, 0.25) is 0 Å². The first-order valence-electron chi connectivity index (χ1n) is 15.4. The summed E-state index contributed by atoms with van der Waals surface area (Å²) in [6.07, 6.45) is 1.83. The van der Waals surface area contributed by atoms with Gasteiger partial charge in [-0.05, 0) is 59.0 Å². The first kappa shape index (κ1) is 33.4. The van der Waals surface area contributed by atoms with Crippen LogP contribution in [0.4, 0.5) is 0 Å². The Balaban J connectivity index is 1.48. The normalized spacial score (nSPS) is 11.4. The van der Waals surface area contributed by atoms with Crippen LogP contribution in [0.25, 0.3) is 22.3 Å². The summed E-state index contributed by atoms with van der Waals surface area (Å²) in [4.78, 5) is 0.136. The van der Waals surface area contributed by atoms with Crippen LogP contribution in [-0.4, -0.2) is 43.8 Å². The third-order valence-electron chi connectivity index (χ3n) is 7.85. The molecule has 9 heteroatoms. The maximum absolute atomic E-state index is 14.0. The minimum absolute atomic E-state index is 0.0616. The van der Waals surface area contributed by atoms with Crippen molar-refractivity contribution in [3.05, 3.63) is 120 Å². The van der Waals surface area contributed by atoms with Crippen LogP contribution in [0, 0.1) is 0 Å². The molecule has 0 saturated carbocycles. The van der Waals surface area contributed by atoms with Crippen molar-refractivity contribution in [3.63, 3.8) is 0 Å². The predicted molar refractivity (Wildman–Crippen MR) is 183 cm³/mol. The van der Waals surface area contributed by atoms with E-state index in [0.717, 1.165) is 24.0 Å². The van der Waals surface area contributed by atoms with E-state index in [9.17, 15) is 18.6 Å². The van der Waals surface area contributed by atoms with Crippen LogP contribution in [0.15, 0.2) is 114 Å². The fourth-order valence-electron chi connectivity index (χ4n) is 5.36. The summed E-state index contributed by atoms with van der Waals surface area (Å²) >= 11 is 0. The number of nitrogens with zero attached hydrogens (tertiary/aromatic N) is 1. The van der Waals surface area contributed by atoms with Crippen LogP contribution in [0.5, 0.6) is 28.7 Å². The van der Waals surface area contributed by atoms with E-state index in [1.807, 2.05) is 60.7 Å². The van der Waals surface area contributed by atoms with Gasteiger partial charge in [0, 0.05) is 18.7 Å². The molecule has 0 fully saturated rings. The lowest BCUT2D eigenvalue weighted by Crippen LogP contribution is -2.30. The van der Waals surface area contributed by atoms with Gasteiger partial charge >= 0.3 is 0 Å². The zero-order chi connectivity index (χ0) is 33.4. The van der Waals surface area contributed by atoms with E-state index in [-0.39, 0.29) is 35.2 Å². The topological polar surface area (TPSA) is 106 Å². The highest BCUT2D eigenvalue weighted by atomic mass is 32.2. The Bertz CT molecular complexity index is 1850. The zero-order valence-corrected chi connectivity index (χ0v) is 27.5. The molecule has 0 spiro atoms. The van der Waals surface area contributed by atoms with Crippen molar-refractivity contribution in [1.82, 2.24) is 4.31 Å². The summed E-state index contributed by atoms with van der Waals surface area (Å²) < 4.78 is 46.5. The molecule has 0 amide bonds. The van der Waals surface area contributed by atoms with Gasteiger partial charge in [0.15, 0.2) is 23.0 Å². The van der Waals surface area contributed by atoms with Crippen LogP contribution >= 0.6 is 0 Å². The molecule has 2 N–H and O–H groups in total. The van der Waals surface area contributed by atoms with Crippen molar-refractivity contribution in [3.8, 4) is 51.0 Å². The molecule has 244 valence electrons. The molecule has 0 heterocycles. The Kier molecular flexibility index (Phi) is 10.7. The number of sulfonamides is 1. The van der Waals surface area contributed by atoms with Crippen molar-refractivity contribution in [2.24, 2.45) is 0 Å². The number of benzene rings is 5. The number of phenols is 2. The molecule has 0 saturated heterocycles. The number of rotatable bonds is 14. The molecule has 0 aliphatic carbocycles. The average Bonchev–Trinajstić information content (AvgIpc) is 3.09. The molecule has 0 atom stereocenters. The van der Waals surface area contributed by atoms with Crippen LogP contribution in [0.1, 0.15) is 30.9 Å². The van der Waals surface area contributed by atoms with Gasteiger partial charge in [0.2, 0.25) is 10.0 Å². The second-order valence-electron chi connectivity index (χ2n) is 11.0. The number of hydrogen-bond acceptors (Lipinski definition) is 7. The van der Waals surface area contributed by atoms with Gasteiger partial charge in [-0.2, -0.15) is 4.31 Å². The van der Waals surface area contributed by atoms with Crippen molar-refractivity contribution in [2.45, 2.75) is 37.8 Å². The van der Waals surface area contributed by atoms with Gasteiger partial charge in [0.25, 0.3) is 0 Å². The zero-order valence-electron chi connectivity index (χ0n) is 26.7. The molecule has 5 aromatic rings. The van der Waals surface area contributed by atoms with E-state index >= 15 is 0 Å². The van der Waals surface area contributed by atoms with Crippen molar-refractivity contribution in [1.29, 1.82) is 0 Å². The van der Waals surface area contributed by atoms with Gasteiger partial charge in [-0.1, -0.05) is 92.2 Å². The summed E-state index contributed by atoms with van der Waals surface area (Å²) in [5.41, 5.74) is 3.71. The standard InChI is InChI=1S/C38H39NO7S/c1-4-5-22-46-34-21-18-30(23-33(34)40)36-35(44-2)24-32(38(45-3)37(36)41)29-16-19-31(20-17-29)47(42,43)39(25-27-12-8-6-9-13-27)26-28-14-10-7-11-15-28/h6-21,23-24,40-41H,4-5,22,25-26H2,1-3H3. The molecule has 0 aliphatic heterocycles. The van der Waals surface area contributed by atoms with E-state index < -0.39 is 10.0 Å². The Morgan fingerprint density at radius 2 is 1.30 bits per heavy atom. The number of aromatic hydroxyl groups is 2. The van der Waals surface area contributed by atoms with Gasteiger partial charge < -0.3 is 24.4 Å². The largest absolute Gasteiger partial charge is 0.504 e. The highest BCUT2D eigenvalue weighted by Crippen LogP contribution is 2.50. The quantitative estimate of drug-likeness (QED) is 0.117. The van der Waals surface area contributed by atoms with E-state index in [0.29, 0.717) is 40.4 Å². The molecule has 47 heavy (non-hydrogen) atoms. The maximum Gasteiger partial charge on any atom is 0.243 e. The van der Waals surface area contributed by atoms with Gasteiger partial charge in [-0.3, -0.25) is 0 Å². The predicted octanol–water partition coefficient (Wildman–Crippen LogP) is 8.02. The summed E-state index contributed by atoms with van der Waals surface area (Å²) in [5.74, 6) is 0.619. The molecule has 0 aliphatic rings. The summed E-state index contributed by atoms with van der Waals surface area (Å²) in [5, 5.41) is 22.1. The lowest BCUT2D eigenvalue weighted by molar-refractivity contribution is 0.293. The highest BCUT2D eigenvalue weighted by molar-refractivity contribution is 7.89. The fourth-order valence-corrected chi connectivity index (χ4v) is 6.78. The van der Waals surface area contributed by atoms with Crippen molar-refractivity contribution in [2.75, 3.05) is 20.8 Å². The van der Waals surface area contributed by atoms with Crippen LogP contribution in [0.3, 0.4) is 0 Å². The van der Waals surface area contributed by atoms with Crippen LogP contribution in [-0.2, 0) is 23.1 Å². The van der Waals surface area contributed by atoms with E-state index in [2.05, 4.69) is 6.92 Å². The lowest BCUT2D eigenvalue weighted by atomic mass is 9.96. The number of methoxy groups -OCH3 is 2. The average molecular weight is 654 g/mol. The van der Waals surface area contributed by atoms with Crippen LogP contribution < -0.4 is 14.2 Å². The smallest absolute Gasteiger partial charge is 0.243 e. The molecule has 0 unspecified atom stereocenters. The summed E-state index contributed by atoms with van der Waals surface area (Å²) in [7, 11) is -0.965.